The summed E-state index contributed by atoms with van der Waals surface area (Å²) in [6.45, 7) is 4.34. The van der Waals surface area contributed by atoms with E-state index in [-0.39, 0.29) is 12.5 Å². The first kappa shape index (κ1) is 16.0. The quantitative estimate of drug-likeness (QED) is 0.872. The molecular formula is C19H30N4O. The molecule has 1 aromatic rings. The zero-order valence-electron chi connectivity index (χ0n) is 14.9. The van der Waals surface area contributed by atoms with Gasteiger partial charge < -0.3 is 11.1 Å². The third-order valence-electron chi connectivity index (χ3n) is 6.79. The van der Waals surface area contributed by atoms with Gasteiger partial charge in [0.05, 0.1) is 5.69 Å². The van der Waals surface area contributed by atoms with Gasteiger partial charge in [0.25, 0.3) is 0 Å². The Morgan fingerprint density at radius 3 is 2.38 bits per heavy atom. The van der Waals surface area contributed by atoms with Gasteiger partial charge in [-0.2, -0.15) is 5.10 Å². The molecule has 0 aromatic carbocycles. The molecule has 5 nitrogen and oxygen atoms in total. The van der Waals surface area contributed by atoms with Gasteiger partial charge in [-0.1, -0.05) is 6.92 Å². The average Bonchev–Trinajstić information content (AvgIpc) is 2.81. The minimum atomic E-state index is 0.0485. The summed E-state index contributed by atoms with van der Waals surface area (Å²) in [6.07, 6.45) is 9.29. The van der Waals surface area contributed by atoms with Gasteiger partial charge in [0, 0.05) is 12.1 Å². The highest BCUT2D eigenvalue weighted by atomic mass is 16.2. The van der Waals surface area contributed by atoms with Crippen LogP contribution in [-0.2, 0) is 11.3 Å². The van der Waals surface area contributed by atoms with E-state index in [0.29, 0.717) is 17.3 Å². The largest absolute Gasteiger partial charge is 0.384 e. The second kappa shape index (κ2) is 5.78. The van der Waals surface area contributed by atoms with Gasteiger partial charge in [-0.15, -0.1) is 0 Å². The van der Waals surface area contributed by atoms with E-state index in [1.54, 1.807) is 4.68 Å². The molecule has 1 heterocycles. The number of carbonyl (C=O) groups is 1. The van der Waals surface area contributed by atoms with Crippen molar-refractivity contribution in [3.63, 3.8) is 0 Å². The zero-order valence-corrected chi connectivity index (χ0v) is 14.9. The monoisotopic (exact) mass is 330 g/mol. The van der Waals surface area contributed by atoms with E-state index in [9.17, 15) is 4.79 Å². The first-order valence-electron chi connectivity index (χ1n) is 9.56. The van der Waals surface area contributed by atoms with Crippen LogP contribution in [0.3, 0.4) is 0 Å². The van der Waals surface area contributed by atoms with Crippen LogP contribution in [0.25, 0.3) is 0 Å². The number of anilines is 1. The van der Waals surface area contributed by atoms with Crippen molar-refractivity contribution < 1.29 is 4.79 Å². The Morgan fingerprint density at radius 1 is 1.33 bits per heavy atom. The lowest BCUT2D eigenvalue weighted by atomic mass is 9.47. The smallest absolute Gasteiger partial charge is 0.242 e. The first-order chi connectivity index (χ1) is 11.5. The summed E-state index contributed by atoms with van der Waals surface area (Å²) < 4.78 is 1.61. The molecule has 3 N–H and O–H groups in total. The number of hydrogen-bond acceptors (Lipinski definition) is 3. The Bertz CT molecular complexity index is 600. The van der Waals surface area contributed by atoms with Gasteiger partial charge in [-0.25, -0.2) is 4.68 Å². The van der Waals surface area contributed by atoms with E-state index in [2.05, 4.69) is 17.3 Å². The number of aromatic nitrogens is 2. The number of rotatable bonds is 5. The van der Waals surface area contributed by atoms with E-state index in [4.69, 9.17) is 5.73 Å². The van der Waals surface area contributed by atoms with E-state index in [0.717, 1.165) is 29.9 Å². The third kappa shape index (κ3) is 2.72. The molecule has 4 fully saturated rings. The molecule has 4 bridgehead atoms. The Kier molecular flexibility index (Phi) is 3.85. The summed E-state index contributed by atoms with van der Waals surface area (Å²) in [5.41, 5.74) is 7.13. The predicted molar refractivity (Wildman–Crippen MR) is 94.2 cm³/mol. The van der Waals surface area contributed by atoms with Crippen molar-refractivity contribution in [2.75, 3.05) is 5.73 Å². The summed E-state index contributed by atoms with van der Waals surface area (Å²) in [7, 11) is 0. The summed E-state index contributed by atoms with van der Waals surface area (Å²) in [6, 6.07) is 2.11. The van der Waals surface area contributed by atoms with Gasteiger partial charge in [-0.3, -0.25) is 4.79 Å². The lowest BCUT2D eigenvalue weighted by Gasteiger charge is -2.59. The van der Waals surface area contributed by atoms with E-state index in [1.807, 2.05) is 13.0 Å². The van der Waals surface area contributed by atoms with Gasteiger partial charge in [0.1, 0.15) is 12.4 Å². The molecule has 4 aliphatic rings. The van der Waals surface area contributed by atoms with Crippen molar-refractivity contribution in [3.8, 4) is 0 Å². The second-order valence-corrected chi connectivity index (χ2v) is 8.68. The van der Waals surface area contributed by atoms with Crippen LogP contribution in [0.15, 0.2) is 6.07 Å². The van der Waals surface area contributed by atoms with Crippen LogP contribution in [0.2, 0.25) is 0 Å². The van der Waals surface area contributed by atoms with Crippen molar-refractivity contribution >= 4 is 11.7 Å². The maximum absolute atomic E-state index is 12.6. The lowest BCUT2D eigenvalue weighted by molar-refractivity contribution is -0.127. The number of nitrogens with one attached hydrogen (secondary N) is 1. The number of nitrogens with zero attached hydrogens (tertiary/aromatic N) is 2. The second-order valence-electron chi connectivity index (χ2n) is 8.68. The van der Waals surface area contributed by atoms with E-state index >= 15 is 0 Å². The van der Waals surface area contributed by atoms with Crippen LogP contribution in [-0.4, -0.2) is 21.7 Å². The summed E-state index contributed by atoms with van der Waals surface area (Å²) in [4.78, 5) is 12.6. The van der Waals surface area contributed by atoms with Gasteiger partial charge in [0.15, 0.2) is 0 Å². The van der Waals surface area contributed by atoms with Crippen molar-refractivity contribution in [2.45, 2.75) is 71.4 Å². The first-order valence-corrected chi connectivity index (χ1v) is 9.56. The molecule has 5 heteroatoms. The Balaban J connectivity index is 1.46. The Morgan fingerprint density at radius 2 is 1.92 bits per heavy atom. The maximum Gasteiger partial charge on any atom is 0.242 e. The minimum absolute atomic E-state index is 0.0485. The molecule has 4 saturated carbocycles. The number of hydrogen-bond donors (Lipinski definition) is 2. The summed E-state index contributed by atoms with van der Waals surface area (Å²) in [5, 5.41) is 7.66. The van der Waals surface area contributed by atoms with Gasteiger partial charge in [-0.05, 0) is 75.0 Å². The SMILES string of the molecule is CC[C@@H](NC(=O)Cn1nc(C)cc1N)C12CC3CC(CC(C3)C1)C2. The van der Waals surface area contributed by atoms with Crippen molar-refractivity contribution in [1.82, 2.24) is 15.1 Å². The van der Waals surface area contributed by atoms with Crippen molar-refractivity contribution in [3.05, 3.63) is 11.8 Å². The zero-order chi connectivity index (χ0) is 16.9. The van der Waals surface area contributed by atoms with Crippen molar-refractivity contribution in [2.24, 2.45) is 23.2 Å². The standard InChI is InChI=1S/C19H30N4O/c1-3-16(21-18(24)11-23-17(20)4-12(2)22-23)19-8-13-5-14(9-19)7-15(6-13)10-19/h4,13-16H,3,5-11,20H2,1-2H3,(H,21,24)/t13?,14?,15?,16-,19?/m1/s1. The lowest BCUT2D eigenvalue weighted by Crippen LogP contribution is -2.57. The number of carbonyl (C=O) groups excluding carboxylic acids is 1. The van der Waals surface area contributed by atoms with Crippen LogP contribution in [0.1, 0.15) is 57.6 Å². The molecule has 24 heavy (non-hydrogen) atoms. The summed E-state index contributed by atoms with van der Waals surface area (Å²) in [5.74, 6) is 3.34. The molecule has 1 amide bonds. The predicted octanol–water partition coefficient (Wildman–Crippen LogP) is 2.88. The fraction of sp³-hybridized carbons (Fsp3) is 0.789. The minimum Gasteiger partial charge on any atom is -0.384 e. The van der Waals surface area contributed by atoms with Crippen LogP contribution in [0, 0.1) is 30.1 Å². The molecule has 1 aromatic heterocycles. The van der Waals surface area contributed by atoms with E-state index < -0.39 is 0 Å². The molecule has 0 unspecified atom stereocenters. The van der Waals surface area contributed by atoms with Crippen LogP contribution in [0.4, 0.5) is 5.82 Å². The topological polar surface area (TPSA) is 72.9 Å². The fourth-order valence-electron chi connectivity index (χ4n) is 6.36. The van der Waals surface area contributed by atoms with Gasteiger partial charge in [0.2, 0.25) is 5.91 Å². The number of amides is 1. The molecule has 0 radical (unpaired) electrons. The van der Waals surface area contributed by atoms with Crippen molar-refractivity contribution in [1.29, 1.82) is 0 Å². The molecule has 4 aliphatic carbocycles. The number of aryl methyl sites for hydroxylation is 1. The Labute approximate surface area is 144 Å². The van der Waals surface area contributed by atoms with Crippen LogP contribution >= 0.6 is 0 Å². The highest BCUT2D eigenvalue weighted by Crippen LogP contribution is 2.61. The molecular weight excluding hydrogens is 300 g/mol. The molecule has 0 saturated heterocycles. The fourth-order valence-corrected chi connectivity index (χ4v) is 6.36. The number of nitrogens with two attached hydrogens (primary N) is 1. The number of nitrogen functional groups attached to an aromatic ring is 1. The maximum atomic E-state index is 12.6. The molecule has 0 aliphatic heterocycles. The molecule has 1 atom stereocenters. The highest BCUT2D eigenvalue weighted by molar-refractivity contribution is 5.76. The van der Waals surface area contributed by atoms with Gasteiger partial charge >= 0.3 is 0 Å². The third-order valence-corrected chi connectivity index (χ3v) is 6.79. The van der Waals surface area contributed by atoms with Crippen LogP contribution in [0.5, 0.6) is 0 Å². The highest BCUT2D eigenvalue weighted by Gasteiger charge is 2.53. The normalized spacial score (nSPS) is 35.2. The summed E-state index contributed by atoms with van der Waals surface area (Å²) >= 11 is 0. The Hall–Kier alpha value is -1.52. The van der Waals surface area contributed by atoms with E-state index in [1.165, 1.54) is 38.5 Å². The molecule has 132 valence electrons. The average molecular weight is 330 g/mol. The molecule has 0 spiro atoms. The molecule has 5 rings (SSSR count). The van der Waals surface area contributed by atoms with Crippen LogP contribution < -0.4 is 11.1 Å².